The molecule has 0 aromatic heterocycles. The first-order chi connectivity index (χ1) is 8.72. The average Bonchev–Trinajstić information content (AvgIpc) is 2.38. The molecule has 5 heteroatoms. The van der Waals surface area contributed by atoms with Crippen molar-refractivity contribution in [2.24, 2.45) is 0 Å². The van der Waals surface area contributed by atoms with Crippen LogP contribution in [0.5, 0.6) is 0 Å². The summed E-state index contributed by atoms with van der Waals surface area (Å²) in [5, 5.41) is 3.35. The molecule has 20 heavy (non-hydrogen) atoms. The summed E-state index contributed by atoms with van der Waals surface area (Å²) in [6.07, 6.45) is 2.11. The van der Waals surface area contributed by atoms with Gasteiger partial charge in [0.05, 0.1) is 0 Å². The van der Waals surface area contributed by atoms with E-state index in [0.29, 0.717) is 0 Å². The number of nitrogens with zero attached hydrogens (tertiary/aromatic N) is 1. The van der Waals surface area contributed by atoms with E-state index in [1.165, 1.54) is 0 Å². The molecule has 1 aromatic rings. The zero-order valence-corrected chi connectivity index (χ0v) is 13.8. The second kappa shape index (κ2) is 9.56. The van der Waals surface area contributed by atoms with Gasteiger partial charge in [0.1, 0.15) is 5.82 Å². The van der Waals surface area contributed by atoms with Gasteiger partial charge in [-0.1, -0.05) is 25.5 Å². The van der Waals surface area contributed by atoms with E-state index in [9.17, 15) is 4.39 Å². The lowest BCUT2D eigenvalue weighted by Gasteiger charge is -2.35. The van der Waals surface area contributed by atoms with Crippen molar-refractivity contribution >= 4 is 24.8 Å². The molecule has 0 unspecified atom stereocenters. The van der Waals surface area contributed by atoms with Crippen LogP contribution >= 0.6 is 24.8 Å². The van der Waals surface area contributed by atoms with Gasteiger partial charge in [-0.05, 0) is 25.0 Å². The Labute approximate surface area is 133 Å². The number of benzene rings is 1. The number of hydrogen-bond donors (Lipinski definition) is 1. The molecule has 0 bridgehead atoms. The minimum atomic E-state index is -0.0491. The quantitative estimate of drug-likeness (QED) is 0.908. The minimum Gasteiger partial charge on any atom is -0.314 e. The molecule has 1 heterocycles. The van der Waals surface area contributed by atoms with Gasteiger partial charge >= 0.3 is 0 Å². The van der Waals surface area contributed by atoms with Crippen LogP contribution in [0.3, 0.4) is 0 Å². The molecule has 0 saturated carbocycles. The Bertz CT molecular complexity index is 395. The van der Waals surface area contributed by atoms with Gasteiger partial charge in [-0.3, -0.25) is 4.90 Å². The first kappa shape index (κ1) is 19.7. The van der Waals surface area contributed by atoms with Crippen molar-refractivity contribution < 1.29 is 4.39 Å². The monoisotopic (exact) mass is 322 g/mol. The van der Waals surface area contributed by atoms with Crippen molar-refractivity contribution in [2.75, 3.05) is 26.2 Å². The molecule has 1 aromatic carbocycles. The summed E-state index contributed by atoms with van der Waals surface area (Å²) in [7, 11) is 0. The van der Waals surface area contributed by atoms with E-state index in [1.54, 1.807) is 6.07 Å². The normalized spacial score (nSPS) is 16.9. The molecule has 1 fully saturated rings. The van der Waals surface area contributed by atoms with Crippen molar-refractivity contribution in [1.29, 1.82) is 0 Å². The van der Waals surface area contributed by atoms with Gasteiger partial charge in [-0.25, -0.2) is 4.39 Å². The van der Waals surface area contributed by atoms with Crippen molar-refractivity contribution in [1.82, 2.24) is 10.2 Å². The van der Waals surface area contributed by atoms with Crippen LogP contribution in [0.2, 0.25) is 0 Å². The van der Waals surface area contributed by atoms with E-state index in [4.69, 9.17) is 0 Å². The summed E-state index contributed by atoms with van der Waals surface area (Å²) >= 11 is 0. The van der Waals surface area contributed by atoms with Gasteiger partial charge in [0.2, 0.25) is 0 Å². The lowest BCUT2D eigenvalue weighted by molar-refractivity contribution is 0.161. The third-order valence-electron chi connectivity index (χ3n) is 3.67. The smallest absolute Gasteiger partial charge is 0.128 e. The largest absolute Gasteiger partial charge is 0.314 e. The van der Waals surface area contributed by atoms with Crippen LogP contribution < -0.4 is 5.32 Å². The Kier molecular flexibility index (Phi) is 9.39. The van der Waals surface area contributed by atoms with Gasteiger partial charge in [-0.15, -0.1) is 24.8 Å². The van der Waals surface area contributed by atoms with Gasteiger partial charge in [0.25, 0.3) is 0 Å². The van der Waals surface area contributed by atoms with Crippen LogP contribution in [-0.2, 0) is 0 Å². The molecule has 1 atom stereocenters. The second-order valence-electron chi connectivity index (χ2n) is 5.12. The molecule has 0 amide bonds. The molecule has 0 spiro atoms. The van der Waals surface area contributed by atoms with Crippen LogP contribution in [0.4, 0.5) is 4.39 Å². The topological polar surface area (TPSA) is 15.3 Å². The summed E-state index contributed by atoms with van der Waals surface area (Å²) in [4.78, 5) is 2.41. The van der Waals surface area contributed by atoms with Gasteiger partial charge in [0.15, 0.2) is 0 Å². The lowest BCUT2D eigenvalue weighted by Crippen LogP contribution is -2.45. The number of halogens is 3. The van der Waals surface area contributed by atoms with Crippen LogP contribution in [0.25, 0.3) is 0 Å². The highest BCUT2D eigenvalue weighted by Crippen LogP contribution is 2.28. The molecule has 2 nitrogen and oxygen atoms in total. The van der Waals surface area contributed by atoms with Crippen molar-refractivity contribution in [3.8, 4) is 0 Å². The van der Waals surface area contributed by atoms with E-state index in [2.05, 4.69) is 17.1 Å². The zero-order chi connectivity index (χ0) is 13.0. The lowest BCUT2D eigenvalue weighted by atomic mass is 9.98. The maximum absolute atomic E-state index is 14.1. The highest BCUT2D eigenvalue weighted by atomic mass is 35.5. The molecule has 1 aliphatic heterocycles. The van der Waals surface area contributed by atoms with Crippen LogP contribution in [0.1, 0.15) is 36.9 Å². The van der Waals surface area contributed by atoms with Crippen LogP contribution in [0.15, 0.2) is 18.2 Å². The molecular weight excluding hydrogens is 298 g/mol. The van der Waals surface area contributed by atoms with Crippen molar-refractivity contribution in [3.05, 3.63) is 35.1 Å². The maximum Gasteiger partial charge on any atom is 0.128 e. The number of aryl methyl sites for hydroxylation is 1. The fraction of sp³-hybridized carbons (Fsp3) is 0.600. The summed E-state index contributed by atoms with van der Waals surface area (Å²) in [6.45, 7) is 8.14. The number of rotatable bonds is 4. The molecule has 0 aliphatic carbocycles. The molecule has 0 radical (unpaired) electrons. The van der Waals surface area contributed by atoms with E-state index in [1.807, 2.05) is 19.1 Å². The van der Waals surface area contributed by atoms with Gasteiger partial charge in [0, 0.05) is 37.8 Å². The molecule has 1 saturated heterocycles. The standard InChI is InChI=1S/C15H23FN2.2ClH/c1-3-4-15(18-9-7-17-8-10-18)13-6-5-12(2)11-14(13)16;;/h5-6,11,15,17H,3-4,7-10H2,1-2H3;2*1H/t15-;;/m0../s1. The summed E-state index contributed by atoms with van der Waals surface area (Å²) in [6, 6.07) is 5.87. The zero-order valence-electron chi connectivity index (χ0n) is 12.2. The average molecular weight is 323 g/mol. The summed E-state index contributed by atoms with van der Waals surface area (Å²) in [5.41, 5.74) is 1.86. The van der Waals surface area contributed by atoms with Crippen LogP contribution in [0, 0.1) is 12.7 Å². The molecular formula is C15H25Cl2FN2. The third-order valence-corrected chi connectivity index (χ3v) is 3.67. The predicted molar refractivity (Wildman–Crippen MR) is 87.7 cm³/mol. The SMILES string of the molecule is CCC[C@@H](c1ccc(C)cc1F)N1CCNCC1.Cl.Cl. The summed E-state index contributed by atoms with van der Waals surface area (Å²) < 4.78 is 14.1. The Morgan fingerprint density at radius 1 is 1.25 bits per heavy atom. The first-order valence-corrected chi connectivity index (χ1v) is 6.93. The predicted octanol–water partition coefficient (Wildman–Crippen LogP) is 3.72. The third kappa shape index (κ3) is 4.88. The second-order valence-corrected chi connectivity index (χ2v) is 5.12. The van der Waals surface area contributed by atoms with Gasteiger partial charge < -0.3 is 5.32 Å². The molecule has 116 valence electrons. The van der Waals surface area contributed by atoms with E-state index in [0.717, 1.165) is 50.1 Å². The molecule has 1 N–H and O–H groups in total. The Morgan fingerprint density at radius 2 is 1.90 bits per heavy atom. The number of hydrogen-bond acceptors (Lipinski definition) is 2. The number of nitrogens with one attached hydrogen (secondary N) is 1. The highest BCUT2D eigenvalue weighted by Gasteiger charge is 2.23. The van der Waals surface area contributed by atoms with Crippen LogP contribution in [-0.4, -0.2) is 31.1 Å². The van der Waals surface area contributed by atoms with Crippen molar-refractivity contribution in [3.63, 3.8) is 0 Å². The Hall–Kier alpha value is -0.350. The highest BCUT2D eigenvalue weighted by molar-refractivity contribution is 5.85. The van der Waals surface area contributed by atoms with E-state index >= 15 is 0 Å². The minimum absolute atomic E-state index is 0. The number of piperazine rings is 1. The maximum atomic E-state index is 14.1. The van der Waals surface area contributed by atoms with E-state index < -0.39 is 0 Å². The Morgan fingerprint density at radius 3 is 2.45 bits per heavy atom. The van der Waals surface area contributed by atoms with Gasteiger partial charge in [-0.2, -0.15) is 0 Å². The summed E-state index contributed by atoms with van der Waals surface area (Å²) in [5.74, 6) is -0.0491. The molecule has 1 aliphatic rings. The fourth-order valence-corrected chi connectivity index (χ4v) is 2.70. The Balaban J connectivity index is 0.00000180. The fourth-order valence-electron chi connectivity index (χ4n) is 2.70. The molecule has 2 rings (SSSR count). The first-order valence-electron chi connectivity index (χ1n) is 6.93. The van der Waals surface area contributed by atoms with E-state index in [-0.39, 0.29) is 36.7 Å². The van der Waals surface area contributed by atoms with Crippen molar-refractivity contribution in [2.45, 2.75) is 32.7 Å².